The van der Waals surface area contributed by atoms with Crippen LogP contribution in [0.3, 0.4) is 0 Å². The molecular formula is C28H31N5O3. The van der Waals surface area contributed by atoms with Gasteiger partial charge in [0.1, 0.15) is 17.3 Å². The number of nitrogens with zero attached hydrogens (tertiary/aromatic N) is 4. The smallest absolute Gasteiger partial charge is 0.251 e. The SMILES string of the molecule is COc1cccc(C(=O)N[C@@H](C)c2nnc3n2CCN(Cc2c(OC)ccc4ccccc24)CC3)c1. The number of fused-ring (bicyclic) bond motifs is 2. The molecule has 1 aromatic heterocycles. The molecule has 3 aromatic carbocycles. The molecule has 1 atom stereocenters. The lowest BCUT2D eigenvalue weighted by molar-refractivity contribution is 0.0937. The van der Waals surface area contributed by atoms with E-state index >= 15 is 0 Å². The van der Waals surface area contributed by atoms with E-state index in [-0.39, 0.29) is 11.9 Å². The van der Waals surface area contributed by atoms with Gasteiger partial charge in [0.25, 0.3) is 5.91 Å². The van der Waals surface area contributed by atoms with Gasteiger partial charge in [0.2, 0.25) is 0 Å². The van der Waals surface area contributed by atoms with Crippen molar-refractivity contribution in [1.29, 1.82) is 0 Å². The molecule has 1 aliphatic rings. The topological polar surface area (TPSA) is 81.5 Å². The Balaban J connectivity index is 1.30. The number of amides is 1. The summed E-state index contributed by atoms with van der Waals surface area (Å²) >= 11 is 0. The predicted molar refractivity (Wildman–Crippen MR) is 138 cm³/mol. The summed E-state index contributed by atoms with van der Waals surface area (Å²) in [5.41, 5.74) is 1.75. The third-order valence-electron chi connectivity index (χ3n) is 6.81. The van der Waals surface area contributed by atoms with E-state index in [0.29, 0.717) is 11.3 Å². The summed E-state index contributed by atoms with van der Waals surface area (Å²) in [6.45, 7) is 5.21. The molecule has 4 aromatic rings. The fourth-order valence-electron chi connectivity index (χ4n) is 4.87. The Labute approximate surface area is 210 Å². The molecule has 186 valence electrons. The van der Waals surface area contributed by atoms with Crippen LogP contribution in [0.15, 0.2) is 60.7 Å². The number of ether oxygens (including phenoxy) is 2. The van der Waals surface area contributed by atoms with Gasteiger partial charge in [-0.1, -0.05) is 36.4 Å². The van der Waals surface area contributed by atoms with E-state index < -0.39 is 0 Å². The Morgan fingerprint density at radius 3 is 2.69 bits per heavy atom. The summed E-state index contributed by atoms with van der Waals surface area (Å²) in [6.07, 6.45) is 0.788. The second kappa shape index (κ2) is 10.4. The Morgan fingerprint density at radius 2 is 1.86 bits per heavy atom. The highest BCUT2D eigenvalue weighted by molar-refractivity contribution is 5.94. The quantitative estimate of drug-likeness (QED) is 0.426. The van der Waals surface area contributed by atoms with Crippen molar-refractivity contribution in [2.75, 3.05) is 27.3 Å². The standard InChI is InChI=1S/C28H31N5O3/c1-19(29-28(34)21-8-6-9-22(17-21)35-2)27-31-30-26-13-14-32(15-16-33(26)27)18-24-23-10-5-4-7-20(23)11-12-25(24)36-3/h4-12,17,19H,13-16,18H2,1-3H3,(H,29,34)/t19-/m0/s1. The van der Waals surface area contributed by atoms with Crippen LogP contribution in [-0.4, -0.2) is 52.9 Å². The van der Waals surface area contributed by atoms with E-state index in [4.69, 9.17) is 9.47 Å². The number of carbonyl (C=O) groups is 1. The lowest BCUT2D eigenvalue weighted by Gasteiger charge is -2.22. The monoisotopic (exact) mass is 485 g/mol. The normalized spacial score (nSPS) is 14.6. The molecule has 8 heteroatoms. The van der Waals surface area contributed by atoms with Gasteiger partial charge in [-0.3, -0.25) is 9.69 Å². The van der Waals surface area contributed by atoms with Crippen LogP contribution in [0.25, 0.3) is 10.8 Å². The molecule has 0 bridgehead atoms. The summed E-state index contributed by atoms with van der Waals surface area (Å²) in [6, 6.07) is 19.4. The zero-order chi connectivity index (χ0) is 25.1. The zero-order valence-corrected chi connectivity index (χ0v) is 20.9. The summed E-state index contributed by atoms with van der Waals surface area (Å²) in [7, 11) is 3.32. The Morgan fingerprint density at radius 1 is 1.00 bits per heavy atom. The van der Waals surface area contributed by atoms with Crippen LogP contribution < -0.4 is 14.8 Å². The van der Waals surface area contributed by atoms with Gasteiger partial charge in [0, 0.05) is 43.7 Å². The fraction of sp³-hybridized carbons (Fsp3) is 0.321. The van der Waals surface area contributed by atoms with Gasteiger partial charge in [-0.05, 0) is 42.0 Å². The number of aromatic nitrogens is 3. The van der Waals surface area contributed by atoms with E-state index in [2.05, 4.69) is 61.4 Å². The molecule has 0 unspecified atom stereocenters. The summed E-state index contributed by atoms with van der Waals surface area (Å²) in [4.78, 5) is 15.3. The third-order valence-corrected chi connectivity index (χ3v) is 6.81. The van der Waals surface area contributed by atoms with Crippen LogP contribution in [0.5, 0.6) is 11.5 Å². The first-order valence-corrected chi connectivity index (χ1v) is 12.2. The maximum Gasteiger partial charge on any atom is 0.251 e. The molecule has 1 aliphatic heterocycles. The number of carbonyl (C=O) groups excluding carboxylic acids is 1. The van der Waals surface area contributed by atoms with Crippen molar-refractivity contribution in [1.82, 2.24) is 25.0 Å². The molecule has 0 saturated carbocycles. The average molecular weight is 486 g/mol. The molecule has 8 nitrogen and oxygen atoms in total. The fourth-order valence-corrected chi connectivity index (χ4v) is 4.87. The van der Waals surface area contributed by atoms with E-state index in [1.54, 1.807) is 32.4 Å². The van der Waals surface area contributed by atoms with Crippen LogP contribution in [0.1, 0.15) is 40.5 Å². The molecular weight excluding hydrogens is 454 g/mol. The van der Waals surface area contributed by atoms with E-state index in [9.17, 15) is 4.79 Å². The van der Waals surface area contributed by atoms with Gasteiger partial charge in [0.05, 0.1) is 20.3 Å². The lowest BCUT2D eigenvalue weighted by Crippen LogP contribution is -2.30. The highest BCUT2D eigenvalue weighted by atomic mass is 16.5. The predicted octanol–water partition coefficient (Wildman–Crippen LogP) is 4.00. The van der Waals surface area contributed by atoms with Crippen LogP contribution >= 0.6 is 0 Å². The lowest BCUT2D eigenvalue weighted by atomic mass is 10.0. The minimum Gasteiger partial charge on any atom is -0.497 e. The first-order valence-electron chi connectivity index (χ1n) is 12.2. The van der Waals surface area contributed by atoms with Crippen molar-refractivity contribution in [2.24, 2.45) is 0 Å². The zero-order valence-electron chi connectivity index (χ0n) is 20.9. The maximum absolute atomic E-state index is 12.8. The van der Waals surface area contributed by atoms with Crippen molar-refractivity contribution < 1.29 is 14.3 Å². The van der Waals surface area contributed by atoms with Crippen LogP contribution in [-0.2, 0) is 19.5 Å². The highest BCUT2D eigenvalue weighted by Crippen LogP contribution is 2.30. The second-order valence-corrected chi connectivity index (χ2v) is 9.05. The molecule has 36 heavy (non-hydrogen) atoms. The molecule has 2 heterocycles. The number of methoxy groups -OCH3 is 2. The van der Waals surface area contributed by atoms with Crippen molar-refractivity contribution >= 4 is 16.7 Å². The molecule has 0 radical (unpaired) electrons. The van der Waals surface area contributed by atoms with Gasteiger partial charge in [0.15, 0.2) is 5.82 Å². The van der Waals surface area contributed by atoms with Crippen LogP contribution in [0, 0.1) is 0 Å². The van der Waals surface area contributed by atoms with Crippen molar-refractivity contribution in [3.05, 3.63) is 83.4 Å². The Bertz CT molecular complexity index is 1380. The molecule has 0 aliphatic carbocycles. The van der Waals surface area contributed by atoms with E-state index in [1.807, 2.05) is 13.0 Å². The number of rotatable bonds is 7. The number of hydrogen-bond donors (Lipinski definition) is 1. The summed E-state index contributed by atoms with van der Waals surface area (Å²) in [5, 5.41) is 14.4. The maximum atomic E-state index is 12.8. The minimum atomic E-state index is -0.283. The molecule has 0 fully saturated rings. The Hall–Kier alpha value is -3.91. The van der Waals surface area contributed by atoms with Crippen molar-refractivity contribution in [2.45, 2.75) is 32.5 Å². The molecule has 1 N–H and O–H groups in total. The van der Waals surface area contributed by atoms with E-state index in [0.717, 1.165) is 50.0 Å². The highest BCUT2D eigenvalue weighted by Gasteiger charge is 2.24. The van der Waals surface area contributed by atoms with E-state index in [1.165, 1.54) is 16.3 Å². The van der Waals surface area contributed by atoms with Crippen molar-refractivity contribution in [3.8, 4) is 11.5 Å². The van der Waals surface area contributed by atoms with Crippen LogP contribution in [0.4, 0.5) is 0 Å². The van der Waals surface area contributed by atoms with Crippen molar-refractivity contribution in [3.63, 3.8) is 0 Å². The summed E-state index contributed by atoms with van der Waals surface area (Å²) in [5.74, 6) is 3.10. The first-order chi connectivity index (χ1) is 17.6. The van der Waals surface area contributed by atoms with Crippen LogP contribution in [0.2, 0.25) is 0 Å². The number of hydrogen-bond acceptors (Lipinski definition) is 6. The molecule has 0 saturated heterocycles. The van der Waals surface area contributed by atoms with Gasteiger partial charge < -0.3 is 19.4 Å². The van der Waals surface area contributed by atoms with Gasteiger partial charge in [-0.2, -0.15) is 0 Å². The first kappa shape index (κ1) is 23.8. The molecule has 1 amide bonds. The third kappa shape index (κ3) is 4.77. The number of benzene rings is 3. The summed E-state index contributed by atoms with van der Waals surface area (Å²) < 4.78 is 13.1. The Kier molecular flexibility index (Phi) is 6.86. The molecule has 0 spiro atoms. The number of nitrogens with one attached hydrogen (secondary N) is 1. The van der Waals surface area contributed by atoms with Gasteiger partial charge >= 0.3 is 0 Å². The average Bonchev–Trinajstić information content (AvgIpc) is 3.22. The van der Waals surface area contributed by atoms with Gasteiger partial charge in [-0.25, -0.2) is 0 Å². The largest absolute Gasteiger partial charge is 0.497 e. The van der Waals surface area contributed by atoms with Gasteiger partial charge in [-0.15, -0.1) is 10.2 Å². The molecule has 5 rings (SSSR count). The minimum absolute atomic E-state index is 0.169. The second-order valence-electron chi connectivity index (χ2n) is 9.05.